The molecule has 0 saturated heterocycles. The van der Waals surface area contributed by atoms with Gasteiger partial charge in [-0.15, -0.1) is 22.7 Å². The summed E-state index contributed by atoms with van der Waals surface area (Å²) < 4.78 is 9.88. The fourth-order valence-electron chi connectivity index (χ4n) is 7.92. The van der Waals surface area contributed by atoms with Crippen LogP contribution in [-0.4, -0.2) is 24.9 Å². The number of nitrogens with zero attached hydrogens (tertiary/aromatic N) is 5. The molecule has 276 valence electrons. The molecule has 4 aromatic heterocycles. The lowest BCUT2D eigenvalue weighted by molar-refractivity contribution is 0.620. The minimum atomic E-state index is 0.516. The van der Waals surface area contributed by atoms with Gasteiger partial charge in [0.15, 0.2) is 23.1 Å². The second-order valence-corrected chi connectivity index (χ2v) is 16.6. The predicted molar refractivity (Wildman–Crippen MR) is 244 cm³/mol. The molecule has 0 N–H and O–H groups in total. The zero-order valence-electron chi connectivity index (χ0n) is 31.2. The number of oxazole rings is 1. The first kappa shape index (κ1) is 33.7. The van der Waals surface area contributed by atoms with Crippen LogP contribution in [0.2, 0.25) is 0 Å². The number of rotatable bonds is 6. The molecule has 59 heavy (non-hydrogen) atoms. The van der Waals surface area contributed by atoms with Crippen molar-refractivity contribution in [1.29, 1.82) is 0 Å². The van der Waals surface area contributed by atoms with Gasteiger partial charge in [-0.25, -0.2) is 24.9 Å². The maximum absolute atomic E-state index is 6.36. The maximum atomic E-state index is 6.36. The summed E-state index contributed by atoms with van der Waals surface area (Å²) in [5.41, 5.74) is 9.06. The Kier molecular flexibility index (Phi) is 7.79. The van der Waals surface area contributed by atoms with Crippen LogP contribution in [0.4, 0.5) is 0 Å². The molecule has 0 aliphatic carbocycles. The van der Waals surface area contributed by atoms with Crippen molar-refractivity contribution in [3.8, 4) is 67.3 Å². The first-order valence-corrected chi connectivity index (χ1v) is 20.9. The summed E-state index contributed by atoms with van der Waals surface area (Å²) in [6.45, 7) is 0. The first-order chi connectivity index (χ1) is 29.2. The SMILES string of the molecule is c1cc(-c2ccc3ccccc3c2)cc(-c2nc(-c3cc(-c4nc5ccccc5o4)cc(-c4nc5ccccc5s4)c3)nc(-c3cccc4sc5ccccc5c34)n2)c1. The number of para-hydroxylation sites is 3. The number of thiazole rings is 1. The zero-order valence-corrected chi connectivity index (χ0v) is 32.8. The van der Waals surface area contributed by atoms with Gasteiger partial charge in [-0.05, 0) is 88.6 Å². The molecule has 12 aromatic rings. The Hall–Kier alpha value is -7.39. The summed E-state index contributed by atoms with van der Waals surface area (Å²) in [7, 11) is 0. The van der Waals surface area contributed by atoms with Gasteiger partial charge in [0, 0.05) is 48.0 Å². The molecule has 0 unspecified atom stereocenters. The van der Waals surface area contributed by atoms with Crippen LogP contribution in [0.3, 0.4) is 0 Å². The van der Waals surface area contributed by atoms with Crippen LogP contribution in [0.15, 0.2) is 180 Å². The smallest absolute Gasteiger partial charge is 0.227 e. The van der Waals surface area contributed by atoms with Gasteiger partial charge in [0.05, 0.1) is 10.2 Å². The fraction of sp³-hybridized carbons (Fsp3) is 0. The number of benzene rings is 8. The highest BCUT2D eigenvalue weighted by Crippen LogP contribution is 2.41. The van der Waals surface area contributed by atoms with E-state index in [0.717, 1.165) is 70.7 Å². The van der Waals surface area contributed by atoms with Crippen molar-refractivity contribution in [3.63, 3.8) is 0 Å². The Morgan fingerprint density at radius 2 is 1.03 bits per heavy atom. The van der Waals surface area contributed by atoms with Crippen LogP contribution < -0.4 is 0 Å². The Balaban J connectivity index is 1.09. The maximum Gasteiger partial charge on any atom is 0.227 e. The number of fused-ring (bicyclic) bond motifs is 6. The van der Waals surface area contributed by atoms with E-state index >= 15 is 0 Å². The van der Waals surface area contributed by atoms with Gasteiger partial charge < -0.3 is 4.42 Å². The summed E-state index contributed by atoms with van der Waals surface area (Å²) in [6.07, 6.45) is 0. The molecule has 0 aliphatic rings. The molecule has 0 aliphatic heterocycles. The Morgan fingerprint density at radius 3 is 1.93 bits per heavy atom. The lowest BCUT2D eigenvalue weighted by atomic mass is 9.99. The summed E-state index contributed by atoms with van der Waals surface area (Å²) in [5.74, 6) is 2.24. The Bertz CT molecular complexity index is 3440. The van der Waals surface area contributed by atoms with E-state index in [-0.39, 0.29) is 0 Å². The summed E-state index contributed by atoms with van der Waals surface area (Å²) in [6, 6.07) is 60.8. The van der Waals surface area contributed by atoms with Crippen molar-refractivity contribution in [3.05, 3.63) is 176 Å². The minimum Gasteiger partial charge on any atom is -0.436 e. The van der Waals surface area contributed by atoms with Crippen LogP contribution in [0, 0.1) is 0 Å². The van der Waals surface area contributed by atoms with Crippen molar-refractivity contribution in [1.82, 2.24) is 24.9 Å². The van der Waals surface area contributed by atoms with Gasteiger partial charge in [0.25, 0.3) is 0 Å². The highest BCUT2D eigenvalue weighted by atomic mass is 32.1. The van der Waals surface area contributed by atoms with Gasteiger partial charge >= 0.3 is 0 Å². The number of aromatic nitrogens is 5. The Morgan fingerprint density at radius 1 is 0.373 bits per heavy atom. The number of thiophene rings is 1. The second kappa shape index (κ2) is 13.6. The van der Waals surface area contributed by atoms with Crippen LogP contribution in [-0.2, 0) is 0 Å². The molecule has 0 amide bonds. The van der Waals surface area contributed by atoms with Crippen LogP contribution in [0.1, 0.15) is 0 Å². The van der Waals surface area contributed by atoms with Crippen molar-refractivity contribution >= 4 is 74.9 Å². The van der Waals surface area contributed by atoms with Gasteiger partial charge in [-0.1, -0.05) is 109 Å². The van der Waals surface area contributed by atoms with Gasteiger partial charge in [0.2, 0.25) is 5.89 Å². The third-order valence-electron chi connectivity index (χ3n) is 10.8. The number of hydrogen-bond donors (Lipinski definition) is 0. The lowest BCUT2D eigenvalue weighted by Crippen LogP contribution is -2.01. The van der Waals surface area contributed by atoms with E-state index in [2.05, 4.69) is 133 Å². The monoisotopic (exact) mass is 791 g/mol. The van der Waals surface area contributed by atoms with Crippen LogP contribution >= 0.6 is 22.7 Å². The molecule has 0 radical (unpaired) electrons. The average Bonchev–Trinajstić information content (AvgIpc) is 4.04. The van der Waals surface area contributed by atoms with Gasteiger partial charge in [-0.2, -0.15) is 0 Å². The van der Waals surface area contributed by atoms with Crippen molar-refractivity contribution in [2.75, 3.05) is 0 Å². The van der Waals surface area contributed by atoms with Crippen molar-refractivity contribution in [2.45, 2.75) is 0 Å². The van der Waals surface area contributed by atoms with E-state index in [0.29, 0.717) is 23.4 Å². The highest BCUT2D eigenvalue weighted by molar-refractivity contribution is 7.26. The second-order valence-electron chi connectivity index (χ2n) is 14.5. The van der Waals surface area contributed by atoms with E-state index in [1.54, 1.807) is 22.7 Å². The fourth-order valence-corrected chi connectivity index (χ4v) is 10.0. The zero-order chi connectivity index (χ0) is 38.9. The Labute approximate surface area is 345 Å². The summed E-state index contributed by atoms with van der Waals surface area (Å²) >= 11 is 3.43. The molecule has 6 nitrogen and oxygen atoms in total. The van der Waals surface area contributed by atoms with Crippen LogP contribution in [0.25, 0.3) is 120 Å². The molecular weight excluding hydrogens is 763 g/mol. The third kappa shape index (κ3) is 5.96. The van der Waals surface area contributed by atoms with Gasteiger partial charge in [-0.3, -0.25) is 0 Å². The van der Waals surface area contributed by atoms with E-state index in [1.807, 2.05) is 42.5 Å². The molecule has 4 heterocycles. The van der Waals surface area contributed by atoms with Crippen molar-refractivity contribution in [2.24, 2.45) is 0 Å². The molecule has 0 saturated carbocycles. The number of hydrogen-bond acceptors (Lipinski definition) is 8. The molecule has 0 bridgehead atoms. The first-order valence-electron chi connectivity index (χ1n) is 19.3. The van der Waals surface area contributed by atoms with Crippen LogP contribution in [0.5, 0.6) is 0 Å². The van der Waals surface area contributed by atoms with Gasteiger partial charge in [0.1, 0.15) is 10.5 Å². The molecule has 8 heteroatoms. The molecular formula is C51H29N5OS2. The van der Waals surface area contributed by atoms with Crippen molar-refractivity contribution < 1.29 is 4.42 Å². The highest BCUT2D eigenvalue weighted by Gasteiger charge is 2.20. The quantitative estimate of drug-likeness (QED) is 0.167. The molecule has 0 atom stereocenters. The summed E-state index contributed by atoms with van der Waals surface area (Å²) in [4.78, 5) is 25.8. The average molecular weight is 792 g/mol. The lowest BCUT2D eigenvalue weighted by Gasteiger charge is -2.12. The van der Waals surface area contributed by atoms with E-state index in [1.165, 1.54) is 25.6 Å². The topological polar surface area (TPSA) is 77.6 Å². The van der Waals surface area contributed by atoms with E-state index in [4.69, 9.17) is 29.3 Å². The predicted octanol–water partition coefficient (Wildman–Crippen LogP) is 14.1. The molecule has 0 fully saturated rings. The minimum absolute atomic E-state index is 0.516. The normalized spacial score (nSPS) is 11.7. The largest absolute Gasteiger partial charge is 0.436 e. The standard InChI is InChI=1S/C51H29N5OS2/c1-2-12-31-25-33(24-23-30(31)11-1)32-13-9-14-34(26-32)47-54-48(56-49(55-47)39-16-10-22-45-46(39)38-15-3-7-20-43(38)58-45)35-27-36(50-52-40-17-4-6-19-42(40)57-50)29-37(28-35)51-53-41-18-5-8-21-44(41)59-51/h1-29H. The molecule has 12 rings (SSSR count). The summed E-state index contributed by atoms with van der Waals surface area (Å²) in [5, 5.41) is 5.61. The van der Waals surface area contributed by atoms with E-state index < -0.39 is 0 Å². The molecule has 0 spiro atoms. The third-order valence-corrected chi connectivity index (χ3v) is 13.0. The van der Waals surface area contributed by atoms with E-state index in [9.17, 15) is 0 Å². The molecule has 8 aromatic carbocycles.